The van der Waals surface area contributed by atoms with Gasteiger partial charge in [-0.25, -0.2) is 4.98 Å². The quantitative estimate of drug-likeness (QED) is 0.609. The Morgan fingerprint density at radius 3 is 2.55 bits per heavy atom. The van der Waals surface area contributed by atoms with Crippen LogP contribution in [0.25, 0.3) is 0 Å². The number of thiazole rings is 1. The summed E-state index contributed by atoms with van der Waals surface area (Å²) < 4.78 is 0. The Morgan fingerprint density at radius 2 is 1.95 bits per heavy atom. The maximum Gasteiger partial charge on any atom is 0.228 e. The zero-order valence-corrected chi connectivity index (χ0v) is 15.4. The van der Waals surface area contributed by atoms with Gasteiger partial charge in [-0.05, 0) is 6.54 Å². The lowest BCUT2D eigenvalue weighted by atomic mass is 10.2. The van der Waals surface area contributed by atoms with Crippen LogP contribution in [0.4, 0.5) is 5.13 Å². The molecule has 2 amide bonds. The van der Waals surface area contributed by atoms with Crippen LogP contribution in [0.2, 0.25) is 0 Å². The van der Waals surface area contributed by atoms with Gasteiger partial charge in [0.2, 0.25) is 11.8 Å². The van der Waals surface area contributed by atoms with Crippen LogP contribution in [0.5, 0.6) is 0 Å². The molecular formula is C13H24Cl2N4O2S. The van der Waals surface area contributed by atoms with Crippen molar-refractivity contribution in [3.05, 3.63) is 11.1 Å². The van der Waals surface area contributed by atoms with Gasteiger partial charge < -0.3 is 16.0 Å². The number of amides is 2. The summed E-state index contributed by atoms with van der Waals surface area (Å²) in [6.07, 6.45) is 0.236. The lowest BCUT2D eigenvalue weighted by Crippen LogP contribution is -2.32. The molecule has 1 heterocycles. The molecule has 0 unspecified atom stereocenters. The topological polar surface area (TPSA) is 83.1 Å². The molecule has 1 aromatic heterocycles. The lowest BCUT2D eigenvalue weighted by Gasteiger charge is -2.04. The van der Waals surface area contributed by atoms with Crippen LogP contribution in [-0.4, -0.2) is 36.4 Å². The van der Waals surface area contributed by atoms with Crippen LogP contribution in [0, 0.1) is 5.92 Å². The summed E-state index contributed by atoms with van der Waals surface area (Å²) in [5, 5.41) is 11.0. The number of rotatable bonds is 8. The summed E-state index contributed by atoms with van der Waals surface area (Å²) in [5.74, 6) is -0.215. The van der Waals surface area contributed by atoms with Gasteiger partial charge in [-0.15, -0.1) is 36.2 Å². The molecule has 0 aromatic carbocycles. The van der Waals surface area contributed by atoms with E-state index in [1.807, 2.05) is 20.8 Å². The summed E-state index contributed by atoms with van der Waals surface area (Å²) in [6, 6.07) is 0. The van der Waals surface area contributed by atoms with E-state index in [1.54, 1.807) is 5.38 Å². The minimum atomic E-state index is -0.0864. The molecule has 1 rings (SSSR count). The number of hydrogen-bond donors (Lipinski definition) is 3. The smallest absolute Gasteiger partial charge is 0.228 e. The largest absolute Gasteiger partial charge is 0.354 e. The fourth-order valence-electron chi connectivity index (χ4n) is 1.39. The maximum absolute atomic E-state index is 11.7. The Kier molecular flexibility index (Phi) is 13.4. The van der Waals surface area contributed by atoms with Gasteiger partial charge in [0.05, 0.1) is 12.1 Å². The molecule has 0 fully saturated rings. The van der Waals surface area contributed by atoms with Gasteiger partial charge in [-0.2, -0.15) is 0 Å². The van der Waals surface area contributed by atoms with E-state index < -0.39 is 0 Å². The minimum Gasteiger partial charge on any atom is -0.354 e. The third-order valence-electron chi connectivity index (χ3n) is 2.52. The monoisotopic (exact) mass is 370 g/mol. The van der Waals surface area contributed by atoms with Crippen molar-refractivity contribution in [2.24, 2.45) is 5.92 Å². The molecule has 3 N–H and O–H groups in total. The first-order valence-electron chi connectivity index (χ1n) is 6.75. The predicted molar refractivity (Wildman–Crippen MR) is 95.3 cm³/mol. The van der Waals surface area contributed by atoms with Crippen molar-refractivity contribution in [1.29, 1.82) is 0 Å². The first kappa shape index (κ1) is 23.4. The van der Waals surface area contributed by atoms with E-state index in [0.717, 1.165) is 13.1 Å². The molecule has 128 valence electrons. The fourth-order valence-corrected chi connectivity index (χ4v) is 2.10. The van der Waals surface area contributed by atoms with Gasteiger partial charge in [0, 0.05) is 24.4 Å². The molecule has 0 aliphatic heterocycles. The summed E-state index contributed by atoms with van der Waals surface area (Å²) in [5.41, 5.74) is 0.676. The third kappa shape index (κ3) is 9.19. The Bertz CT molecular complexity index is 455. The van der Waals surface area contributed by atoms with Gasteiger partial charge in [0.15, 0.2) is 5.13 Å². The van der Waals surface area contributed by atoms with E-state index in [4.69, 9.17) is 0 Å². The highest BCUT2D eigenvalue weighted by atomic mass is 35.5. The molecule has 0 atom stereocenters. The number of likely N-dealkylation sites (N-methyl/N-ethyl adjacent to an activating group) is 1. The maximum atomic E-state index is 11.7. The molecule has 0 radical (unpaired) electrons. The molecular weight excluding hydrogens is 347 g/mol. The van der Waals surface area contributed by atoms with E-state index >= 15 is 0 Å². The average Bonchev–Trinajstić information content (AvgIpc) is 2.81. The molecule has 9 heteroatoms. The molecule has 0 spiro atoms. The van der Waals surface area contributed by atoms with Gasteiger partial charge in [-0.3, -0.25) is 9.59 Å². The summed E-state index contributed by atoms with van der Waals surface area (Å²) in [4.78, 5) is 27.4. The number of carbonyl (C=O) groups is 2. The number of aromatic nitrogens is 1. The molecule has 0 aliphatic rings. The number of nitrogens with one attached hydrogen (secondary N) is 3. The van der Waals surface area contributed by atoms with Gasteiger partial charge >= 0.3 is 0 Å². The summed E-state index contributed by atoms with van der Waals surface area (Å²) in [7, 11) is 0. The van der Waals surface area contributed by atoms with Crippen molar-refractivity contribution < 1.29 is 9.59 Å². The van der Waals surface area contributed by atoms with E-state index in [1.165, 1.54) is 11.3 Å². The lowest BCUT2D eigenvalue weighted by molar-refractivity contribution is -0.120. The Morgan fingerprint density at radius 1 is 1.27 bits per heavy atom. The van der Waals surface area contributed by atoms with Crippen molar-refractivity contribution >= 4 is 53.1 Å². The average molecular weight is 371 g/mol. The van der Waals surface area contributed by atoms with Crippen LogP contribution in [0.1, 0.15) is 26.5 Å². The van der Waals surface area contributed by atoms with Crippen molar-refractivity contribution in [3.8, 4) is 0 Å². The molecule has 1 aromatic rings. The highest BCUT2D eigenvalue weighted by Crippen LogP contribution is 2.16. The number of halogens is 2. The molecule has 0 aliphatic carbocycles. The van der Waals surface area contributed by atoms with Crippen molar-refractivity contribution in [1.82, 2.24) is 15.6 Å². The SMILES string of the molecule is CCNCCNC(=O)Cc1csc(NC(=O)C(C)C)n1.Cl.Cl. The molecule has 0 bridgehead atoms. The minimum absolute atomic E-state index is 0. The summed E-state index contributed by atoms with van der Waals surface area (Å²) in [6.45, 7) is 7.91. The standard InChI is InChI=1S/C13H22N4O2S.2ClH/c1-4-14-5-6-15-11(18)7-10-8-20-13(16-10)17-12(19)9(2)3;;/h8-9,14H,4-7H2,1-3H3,(H,15,18)(H,16,17,19);2*1H. The molecule has 6 nitrogen and oxygen atoms in total. The zero-order valence-electron chi connectivity index (χ0n) is 13.0. The second kappa shape index (κ2) is 12.6. The van der Waals surface area contributed by atoms with Crippen molar-refractivity contribution in [2.75, 3.05) is 25.0 Å². The Balaban J connectivity index is 0. The van der Waals surface area contributed by atoms with Gasteiger partial charge in [-0.1, -0.05) is 20.8 Å². The molecule has 0 saturated heterocycles. The van der Waals surface area contributed by atoms with Crippen LogP contribution >= 0.6 is 36.2 Å². The zero-order chi connectivity index (χ0) is 15.0. The molecule has 0 saturated carbocycles. The summed E-state index contributed by atoms with van der Waals surface area (Å²) >= 11 is 1.33. The fraction of sp³-hybridized carbons (Fsp3) is 0.615. The Hall–Kier alpha value is -0.890. The Labute approximate surface area is 147 Å². The van der Waals surface area contributed by atoms with E-state index in [-0.39, 0.29) is 49.0 Å². The highest BCUT2D eigenvalue weighted by molar-refractivity contribution is 7.13. The normalized spacial score (nSPS) is 9.64. The van der Waals surface area contributed by atoms with Crippen LogP contribution in [-0.2, 0) is 16.0 Å². The molecule has 22 heavy (non-hydrogen) atoms. The van der Waals surface area contributed by atoms with Gasteiger partial charge in [0.1, 0.15) is 0 Å². The van der Waals surface area contributed by atoms with Crippen LogP contribution in [0.15, 0.2) is 5.38 Å². The number of carbonyl (C=O) groups excluding carboxylic acids is 2. The van der Waals surface area contributed by atoms with Crippen LogP contribution < -0.4 is 16.0 Å². The number of anilines is 1. The van der Waals surface area contributed by atoms with E-state index in [2.05, 4.69) is 20.9 Å². The highest BCUT2D eigenvalue weighted by Gasteiger charge is 2.11. The predicted octanol–water partition coefficient (Wildman–Crippen LogP) is 1.85. The van der Waals surface area contributed by atoms with Gasteiger partial charge in [0.25, 0.3) is 0 Å². The van der Waals surface area contributed by atoms with Crippen molar-refractivity contribution in [2.45, 2.75) is 27.2 Å². The second-order valence-corrected chi connectivity index (χ2v) is 5.53. The second-order valence-electron chi connectivity index (χ2n) is 4.67. The first-order valence-corrected chi connectivity index (χ1v) is 7.63. The van der Waals surface area contributed by atoms with Crippen molar-refractivity contribution in [3.63, 3.8) is 0 Å². The number of hydrogen-bond acceptors (Lipinski definition) is 5. The van der Waals surface area contributed by atoms with Crippen LogP contribution in [0.3, 0.4) is 0 Å². The third-order valence-corrected chi connectivity index (χ3v) is 3.33. The van der Waals surface area contributed by atoms with E-state index in [9.17, 15) is 9.59 Å². The number of nitrogens with zero attached hydrogens (tertiary/aromatic N) is 1. The first-order chi connectivity index (χ1) is 9.52. The van der Waals surface area contributed by atoms with E-state index in [0.29, 0.717) is 17.4 Å².